The van der Waals surface area contributed by atoms with Crippen LogP contribution >= 0.6 is 0 Å². The van der Waals surface area contributed by atoms with Gasteiger partial charge in [0.05, 0.1) is 6.42 Å². The van der Waals surface area contributed by atoms with Crippen LogP contribution in [0, 0.1) is 0 Å². The quantitative estimate of drug-likeness (QED) is 0.338. The van der Waals surface area contributed by atoms with Gasteiger partial charge < -0.3 is 9.57 Å². The number of esters is 1. The van der Waals surface area contributed by atoms with Crippen LogP contribution in [0.1, 0.15) is 18.4 Å². The Labute approximate surface area is 124 Å². The lowest BCUT2D eigenvalue weighted by Gasteiger charge is -2.02. The molecule has 0 aliphatic rings. The van der Waals surface area contributed by atoms with E-state index >= 15 is 0 Å². The zero-order valence-electron chi connectivity index (χ0n) is 11.6. The Kier molecular flexibility index (Phi) is 6.00. The van der Waals surface area contributed by atoms with Crippen LogP contribution in [0.2, 0.25) is 0 Å². The summed E-state index contributed by atoms with van der Waals surface area (Å²) in [7, 11) is 0. The van der Waals surface area contributed by atoms with Crippen molar-refractivity contribution >= 4 is 12.2 Å². The Morgan fingerprint density at radius 2 is 1.67 bits per heavy atom. The van der Waals surface area contributed by atoms with Gasteiger partial charge in [-0.1, -0.05) is 53.7 Å². The van der Waals surface area contributed by atoms with Crippen molar-refractivity contribution in [2.45, 2.75) is 19.4 Å². The van der Waals surface area contributed by atoms with Gasteiger partial charge in [0, 0.05) is 6.21 Å². The lowest BCUT2D eigenvalue weighted by Crippen LogP contribution is -2.07. The number of carbonyl (C=O) groups is 1. The molecule has 4 nitrogen and oxygen atoms in total. The highest BCUT2D eigenvalue weighted by Gasteiger charge is 2.02. The van der Waals surface area contributed by atoms with Crippen molar-refractivity contribution in [3.05, 3.63) is 66.2 Å². The molecule has 0 spiro atoms. The first kappa shape index (κ1) is 14.8. The molecule has 0 amide bonds. The first-order valence-electron chi connectivity index (χ1n) is 6.78. The molecule has 2 rings (SSSR count). The molecule has 0 aliphatic heterocycles. The number of ether oxygens (including phenoxy) is 1. The van der Waals surface area contributed by atoms with Gasteiger partial charge in [-0.3, -0.25) is 4.79 Å². The molecule has 2 aromatic carbocycles. The molecule has 0 unspecified atom stereocenters. The van der Waals surface area contributed by atoms with Crippen LogP contribution in [0.25, 0.3) is 0 Å². The van der Waals surface area contributed by atoms with Crippen molar-refractivity contribution in [2.24, 2.45) is 5.16 Å². The third kappa shape index (κ3) is 5.91. The largest absolute Gasteiger partial charge is 0.427 e. The molecule has 0 heterocycles. The molecule has 4 heteroatoms. The zero-order chi connectivity index (χ0) is 14.8. The van der Waals surface area contributed by atoms with Gasteiger partial charge in [-0.2, -0.15) is 0 Å². The summed E-state index contributed by atoms with van der Waals surface area (Å²) >= 11 is 0. The van der Waals surface area contributed by atoms with Crippen LogP contribution in [0.3, 0.4) is 0 Å². The van der Waals surface area contributed by atoms with Crippen molar-refractivity contribution in [3.8, 4) is 5.75 Å². The molecule has 0 saturated carbocycles. The fourth-order valence-electron chi connectivity index (χ4n) is 1.64. The summed E-state index contributed by atoms with van der Waals surface area (Å²) in [6.07, 6.45) is 2.34. The molecule has 108 valence electrons. The zero-order valence-corrected chi connectivity index (χ0v) is 11.6. The molecule has 0 saturated heterocycles. The van der Waals surface area contributed by atoms with Gasteiger partial charge in [-0.05, 0) is 24.1 Å². The third-order valence-electron chi connectivity index (χ3n) is 2.68. The molecular formula is C17H17NO3. The fraction of sp³-hybridized carbons (Fsp3) is 0.176. The van der Waals surface area contributed by atoms with Gasteiger partial charge in [0.15, 0.2) is 0 Å². The van der Waals surface area contributed by atoms with Crippen molar-refractivity contribution in [1.82, 2.24) is 0 Å². The van der Waals surface area contributed by atoms with Gasteiger partial charge in [0.25, 0.3) is 0 Å². The maximum atomic E-state index is 11.5. The number of para-hydroxylation sites is 1. The second-order valence-electron chi connectivity index (χ2n) is 4.37. The van der Waals surface area contributed by atoms with E-state index in [9.17, 15) is 4.79 Å². The topological polar surface area (TPSA) is 47.9 Å². The number of rotatable bonds is 7. The molecule has 2 aromatic rings. The molecule has 0 fully saturated rings. The lowest BCUT2D eigenvalue weighted by molar-refractivity contribution is -0.134. The Morgan fingerprint density at radius 3 is 2.38 bits per heavy atom. The van der Waals surface area contributed by atoms with Gasteiger partial charge in [0.1, 0.15) is 12.4 Å². The van der Waals surface area contributed by atoms with Crippen LogP contribution < -0.4 is 4.74 Å². The van der Waals surface area contributed by atoms with E-state index in [1.165, 1.54) is 0 Å². The number of benzene rings is 2. The summed E-state index contributed by atoms with van der Waals surface area (Å²) < 4.78 is 5.15. The normalized spacial score (nSPS) is 10.5. The van der Waals surface area contributed by atoms with E-state index < -0.39 is 0 Å². The third-order valence-corrected chi connectivity index (χ3v) is 2.68. The minimum absolute atomic E-state index is 0.271. The van der Waals surface area contributed by atoms with E-state index in [0.717, 1.165) is 5.56 Å². The van der Waals surface area contributed by atoms with E-state index in [-0.39, 0.29) is 12.4 Å². The summed E-state index contributed by atoms with van der Waals surface area (Å²) in [5.74, 6) is 0.274. The molecule has 21 heavy (non-hydrogen) atoms. The van der Waals surface area contributed by atoms with E-state index in [1.807, 2.05) is 48.5 Å². The lowest BCUT2D eigenvalue weighted by atomic mass is 10.2. The first-order valence-corrected chi connectivity index (χ1v) is 6.78. The van der Waals surface area contributed by atoms with E-state index in [1.54, 1.807) is 18.3 Å². The van der Waals surface area contributed by atoms with Crippen molar-refractivity contribution in [1.29, 1.82) is 0 Å². The average molecular weight is 283 g/mol. The number of hydrogen-bond donors (Lipinski definition) is 0. The minimum atomic E-state index is -0.282. The highest BCUT2D eigenvalue weighted by atomic mass is 16.6. The Bertz CT molecular complexity index is 567. The van der Waals surface area contributed by atoms with Gasteiger partial charge >= 0.3 is 5.97 Å². The number of carbonyl (C=O) groups excluding carboxylic acids is 1. The van der Waals surface area contributed by atoms with Gasteiger partial charge in [0.2, 0.25) is 0 Å². The average Bonchev–Trinajstić information content (AvgIpc) is 2.53. The Hall–Kier alpha value is -2.62. The molecule has 0 atom stereocenters. The van der Waals surface area contributed by atoms with Crippen LogP contribution in [0.5, 0.6) is 5.75 Å². The van der Waals surface area contributed by atoms with Gasteiger partial charge in [-0.25, -0.2) is 0 Å². The summed E-state index contributed by atoms with van der Waals surface area (Å²) in [6.45, 7) is 0.422. The second kappa shape index (κ2) is 8.53. The van der Waals surface area contributed by atoms with Crippen LogP contribution in [-0.2, 0) is 16.2 Å². The maximum absolute atomic E-state index is 11.5. The van der Waals surface area contributed by atoms with E-state index in [4.69, 9.17) is 9.57 Å². The van der Waals surface area contributed by atoms with Crippen molar-refractivity contribution < 1.29 is 14.4 Å². The minimum Gasteiger partial charge on any atom is -0.427 e. The number of oxime groups is 1. The highest BCUT2D eigenvalue weighted by molar-refractivity contribution is 5.75. The summed E-state index contributed by atoms with van der Waals surface area (Å²) in [6, 6.07) is 18.8. The molecule has 0 aromatic heterocycles. The fourth-order valence-corrected chi connectivity index (χ4v) is 1.64. The highest BCUT2D eigenvalue weighted by Crippen LogP contribution is 2.09. The predicted octanol–water partition coefficient (Wildman–Crippen LogP) is 3.57. The molecule has 0 bridgehead atoms. The van der Waals surface area contributed by atoms with Crippen LogP contribution in [0.4, 0.5) is 0 Å². The molecular weight excluding hydrogens is 266 g/mol. The smallest absolute Gasteiger partial charge is 0.311 e. The number of nitrogens with zero attached hydrogens (tertiary/aromatic N) is 1. The first-order chi connectivity index (χ1) is 10.3. The summed E-state index contributed by atoms with van der Waals surface area (Å²) in [4.78, 5) is 16.7. The number of hydrogen-bond acceptors (Lipinski definition) is 4. The van der Waals surface area contributed by atoms with E-state index in [2.05, 4.69) is 5.16 Å². The monoisotopic (exact) mass is 283 g/mol. The summed E-state index contributed by atoms with van der Waals surface area (Å²) in [5.41, 5.74) is 1.05. The van der Waals surface area contributed by atoms with Crippen LogP contribution in [0.15, 0.2) is 65.8 Å². The Morgan fingerprint density at radius 1 is 1.00 bits per heavy atom. The Balaban J connectivity index is 1.60. The van der Waals surface area contributed by atoms with Gasteiger partial charge in [-0.15, -0.1) is 0 Å². The SMILES string of the molecule is O=C(CC/C=N/OCc1ccccc1)Oc1ccccc1. The maximum Gasteiger partial charge on any atom is 0.311 e. The molecule has 0 aliphatic carbocycles. The summed E-state index contributed by atoms with van der Waals surface area (Å²) in [5, 5.41) is 3.81. The molecule has 0 radical (unpaired) electrons. The molecule has 0 N–H and O–H groups in total. The van der Waals surface area contributed by atoms with E-state index in [0.29, 0.717) is 18.8 Å². The second-order valence-corrected chi connectivity index (χ2v) is 4.37. The van der Waals surface area contributed by atoms with Crippen LogP contribution in [-0.4, -0.2) is 12.2 Å². The van der Waals surface area contributed by atoms with Crippen molar-refractivity contribution in [2.75, 3.05) is 0 Å². The standard InChI is InChI=1S/C17H17NO3/c19-17(21-16-10-5-2-6-11-16)12-7-13-18-20-14-15-8-3-1-4-9-15/h1-6,8-11,13H,7,12,14H2/b18-13+. The van der Waals surface area contributed by atoms with Crippen molar-refractivity contribution in [3.63, 3.8) is 0 Å². The predicted molar refractivity (Wildman–Crippen MR) is 81.0 cm³/mol.